The average molecular weight is 231 g/mol. The van der Waals surface area contributed by atoms with Crippen LogP contribution < -0.4 is 0 Å². The maximum Gasteiger partial charge on any atom is 0.506 e. The molecule has 0 aromatic carbocycles. The summed E-state index contributed by atoms with van der Waals surface area (Å²) >= 11 is 0. The third-order valence-corrected chi connectivity index (χ3v) is 2.61. The fourth-order valence-electron chi connectivity index (χ4n) is 1.64. The molecule has 1 aromatic heterocycles. The molecule has 0 radical (unpaired) electrons. The van der Waals surface area contributed by atoms with E-state index in [0.717, 1.165) is 0 Å². The lowest BCUT2D eigenvalue weighted by molar-refractivity contribution is 0.234. The molecule has 0 bridgehead atoms. The van der Waals surface area contributed by atoms with Gasteiger partial charge in [-0.2, -0.15) is 0 Å². The highest BCUT2D eigenvalue weighted by Crippen LogP contribution is 2.20. The Kier molecular flexibility index (Phi) is 2.75. The first kappa shape index (κ1) is 11.2. The SMILES string of the molecule is C=C(CN1CCn2cnnc2C1)[B-](F)(F)F. The fraction of sp³-hybridized carbons (Fsp3) is 0.500. The molecule has 0 fully saturated rings. The molecule has 2 heterocycles. The van der Waals surface area contributed by atoms with Gasteiger partial charge in [-0.25, -0.2) is 0 Å². The Balaban J connectivity index is 1.97. The van der Waals surface area contributed by atoms with E-state index in [1.807, 2.05) is 4.57 Å². The molecule has 0 N–H and O–H groups in total. The molecule has 0 amide bonds. The van der Waals surface area contributed by atoms with Crippen molar-refractivity contribution in [3.8, 4) is 0 Å². The van der Waals surface area contributed by atoms with Crippen molar-refractivity contribution in [2.45, 2.75) is 13.1 Å². The molecular formula is C8H11BF3N4-. The van der Waals surface area contributed by atoms with Gasteiger partial charge < -0.3 is 17.5 Å². The zero-order valence-electron chi connectivity index (χ0n) is 8.61. The largest absolute Gasteiger partial charge is 0.506 e. The van der Waals surface area contributed by atoms with Crippen LogP contribution >= 0.6 is 0 Å². The zero-order valence-corrected chi connectivity index (χ0v) is 8.61. The zero-order chi connectivity index (χ0) is 11.8. The van der Waals surface area contributed by atoms with Crippen LogP contribution in [0.2, 0.25) is 0 Å². The van der Waals surface area contributed by atoms with Crippen molar-refractivity contribution >= 4 is 6.98 Å². The van der Waals surface area contributed by atoms with Crippen LogP contribution in [-0.2, 0) is 13.1 Å². The molecule has 0 atom stereocenters. The Morgan fingerprint density at radius 2 is 2.19 bits per heavy atom. The Hall–Kier alpha value is -1.31. The van der Waals surface area contributed by atoms with Crippen molar-refractivity contribution in [1.82, 2.24) is 19.7 Å². The van der Waals surface area contributed by atoms with Gasteiger partial charge in [0, 0.05) is 13.1 Å². The van der Waals surface area contributed by atoms with E-state index in [1.165, 1.54) is 0 Å². The number of hydrogen-bond acceptors (Lipinski definition) is 3. The van der Waals surface area contributed by atoms with Gasteiger partial charge in [0.05, 0.1) is 6.54 Å². The van der Waals surface area contributed by atoms with E-state index in [0.29, 0.717) is 25.5 Å². The predicted molar refractivity (Wildman–Crippen MR) is 53.5 cm³/mol. The summed E-state index contributed by atoms with van der Waals surface area (Å²) in [4.78, 5) is 1.68. The van der Waals surface area contributed by atoms with Crippen molar-refractivity contribution in [3.63, 3.8) is 0 Å². The number of nitrogens with zero attached hydrogens (tertiary/aromatic N) is 4. The van der Waals surface area contributed by atoms with E-state index in [2.05, 4.69) is 16.8 Å². The Morgan fingerprint density at radius 1 is 1.44 bits per heavy atom. The normalized spacial score (nSPS) is 17.2. The quantitative estimate of drug-likeness (QED) is 0.728. The summed E-state index contributed by atoms with van der Waals surface area (Å²) in [6.45, 7) is -0.413. The van der Waals surface area contributed by atoms with Gasteiger partial charge in [0.1, 0.15) is 12.2 Å². The standard InChI is InChI=1S/C8H11BF3N4/c1-7(9(10,11)12)4-15-2-3-16-6-13-14-8(16)5-15/h6H,1-5H2/q-1. The van der Waals surface area contributed by atoms with E-state index < -0.39 is 12.4 Å². The molecule has 0 unspecified atom stereocenters. The molecule has 1 aliphatic rings. The lowest BCUT2D eigenvalue weighted by Crippen LogP contribution is -2.38. The molecule has 0 aliphatic carbocycles. The molecule has 0 saturated heterocycles. The van der Waals surface area contributed by atoms with Crippen LogP contribution in [0.15, 0.2) is 18.4 Å². The summed E-state index contributed by atoms with van der Waals surface area (Å²) in [6, 6.07) is 0. The summed E-state index contributed by atoms with van der Waals surface area (Å²) in [5, 5.41) is 7.55. The molecule has 0 spiro atoms. The number of aromatic nitrogens is 3. The minimum Gasteiger partial charge on any atom is -0.445 e. The minimum atomic E-state index is -4.94. The van der Waals surface area contributed by atoms with Crippen LogP contribution in [0.4, 0.5) is 12.9 Å². The summed E-state index contributed by atoms with van der Waals surface area (Å²) in [6.07, 6.45) is 1.59. The second kappa shape index (κ2) is 3.93. The van der Waals surface area contributed by atoms with Crippen molar-refractivity contribution < 1.29 is 12.9 Å². The lowest BCUT2D eigenvalue weighted by Gasteiger charge is -2.30. The van der Waals surface area contributed by atoms with Gasteiger partial charge in [-0.1, -0.05) is 0 Å². The van der Waals surface area contributed by atoms with Gasteiger partial charge in [-0.3, -0.25) is 4.90 Å². The predicted octanol–water partition coefficient (Wildman–Crippen LogP) is 1.04. The van der Waals surface area contributed by atoms with Crippen LogP contribution in [0.25, 0.3) is 0 Å². The fourth-order valence-corrected chi connectivity index (χ4v) is 1.64. The topological polar surface area (TPSA) is 34.0 Å². The third kappa shape index (κ3) is 2.26. The van der Waals surface area contributed by atoms with Crippen LogP contribution in [0.5, 0.6) is 0 Å². The van der Waals surface area contributed by atoms with E-state index in [-0.39, 0.29) is 6.54 Å². The van der Waals surface area contributed by atoms with Gasteiger partial charge in [0.25, 0.3) is 0 Å². The highest BCUT2D eigenvalue weighted by Gasteiger charge is 2.29. The van der Waals surface area contributed by atoms with Gasteiger partial charge in [0.2, 0.25) is 0 Å². The third-order valence-electron chi connectivity index (χ3n) is 2.61. The van der Waals surface area contributed by atoms with Crippen LogP contribution in [-0.4, -0.2) is 39.7 Å². The number of fused-ring (bicyclic) bond motifs is 1. The maximum atomic E-state index is 12.3. The molecule has 2 rings (SSSR count). The van der Waals surface area contributed by atoms with Crippen molar-refractivity contribution in [2.24, 2.45) is 0 Å². The van der Waals surface area contributed by atoms with Gasteiger partial charge >= 0.3 is 6.98 Å². The van der Waals surface area contributed by atoms with Gasteiger partial charge in [-0.05, 0) is 6.54 Å². The number of rotatable bonds is 3. The van der Waals surface area contributed by atoms with Crippen LogP contribution in [0.1, 0.15) is 5.82 Å². The second-order valence-corrected chi connectivity index (χ2v) is 3.88. The molecular weight excluding hydrogens is 220 g/mol. The van der Waals surface area contributed by atoms with Crippen LogP contribution in [0, 0.1) is 0 Å². The first-order chi connectivity index (χ1) is 7.47. The van der Waals surface area contributed by atoms with E-state index in [1.54, 1.807) is 11.2 Å². The van der Waals surface area contributed by atoms with Crippen molar-refractivity contribution in [3.05, 3.63) is 24.2 Å². The van der Waals surface area contributed by atoms with Crippen LogP contribution in [0.3, 0.4) is 0 Å². The lowest BCUT2D eigenvalue weighted by atomic mass is 9.80. The summed E-state index contributed by atoms with van der Waals surface area (Å²) < 4.78 is 38.9. The van der Waals surface area contributed by atoms with Gasteiger partial charge in [-0.15, -0.1) is 22.2 Å². The number of hydrogen-bond donors (Lipinski definition) is 0. The van der Waals surface area contributed by atoms with Crippen molar-refractivity contribution in [1.29, 1.82) is 0 Å². The summed E-state index contributed by atoms with van der Waals surface area (Å²) in [5.41, 5.74) is -0.659. The highest BCUT2D eigenvalue weighted by atomic mass is 19.4. The van der Waals surface area contributed by atoms with Gasteiger partial charge in [0.15, 0.2) is 0 Å². The van der Waals surface area contributed by atoms with E-state index in [4.69, 9.17) is 0 Å². The highest BCUT2D eigenvalue weighted by molar-refractivity contribution is 6.66. The molecule has 1 aliphatic heterocycles. The minimum absolute atomic E-state index is 0.143. The molecule has 4 nitrogen and oxygen atoms in total. The van der Waals surface area contributed by atoms with E-state index in [9.17, 15) is 12.9 Å². The van der Waals surface area contributed by atoms with E-state index >= 15 is 0 Å². The Bertz CT molecular complexity index is 400. The second-order valence-electron chi connectivity index (χ2n) is 3.88. The summed E-state index contributed by atoms with van der Waals surface area (Å²) in [5.74, 6) is 0.703. The molecule has 0 saturated carbocycles. The molecule has 1 aromatic rings. The summed E-state index contributed by atoms with van der Waals surface area (Å²) in [7, 11) is 0. The monoisotopic (exact) mass is 231 g/mol. The van der Waals surface area contributed by atoms with Crippen molar-refractivity contribution in [2.75, 3.05) is 13.1 Å². The molecule has 88 valence electrons. The Morgan fingerprint density at radius 3 is 2.88 bits per heavy atom. The smallest absolute Gasteiger partial charge is 0.445 e. The molecule has 8 heteroatoms. The first-order valence-electron chi connectivity index (χ1n) is 4.93. The maximum absolute atomic E-state index is 12.3. The first-order valence-corrected chi connectivity index (χ1v) is 4.93. The molecule has 16 heavy (non-hydrogen) atoms. The average Bonchev–Trinajstić information content (AvgIpc) is 2.63. The Labute approximate surface area is 90.8 Å². The number of halogens is 3.